The standard InChI is InChI=1S/C22H13Br3O4/c1-9-7-13-16(11-5-3-4-6-12(11)22(27)28)14-8-15(23)19(26)18(25)21(14)29-20(13)17(24)10(9)2/h3-8H,1-2H3,(H,27,28). The monoisotopic (exact) mass is 578 g/mol. The Morgan fingerprint density at radius 1 is 1.00 bits per heavy atom. The summed E-state index contributed by atoms with van der Waals surface area (Å²) in [5.41, 5.74) is 4.42. The van der Waals surface area contributed by atoms with Crippen molar-refractivity contribution in [1.82, 2.24) is 0 Å². The lowest BCUT2D eigenvalue weighted by atomic mass is 9.90. The lowest BCUT2D eigenvalue weighted by Gasteiger charge is -2.20. The van der Waals surface area contributed by atoms with E-state index in [1.165, 1.54) is 0 Å². The molecule has 0 spiro atoms. The van der Waals surface area contributed by atoms with Crippen LogP contribution in [0.2, 0.25) is 0 Å². The van der Waals surface area contributed by atoms with E-state index in [0.29, 0.717) is 32.5 Å². The number of aryl methyl sites for hydroxylation is 1. The van der Waals surface area contributed by atoms with Crippen molar-refractivity contribution in [3.63, 3.8) is 0 Å². The van der Waals surface area contributed by atoms with Crippen molar-refractivity contribution in [2.45, 2.75) is 13.8 Å². The number of carboxylic acid groups (broad SMARTS) is 1. The number of benzene rings is 3. The number of hydrogen-bond donors (Lipinski definition) is 1. The van der Waals surface area contributed by atoms with Crippen molar-refractivity contribution < 1.29 is 14.3 Å². The van der Waals surface area contributed by atoms with Gasteiger partial charge in [-0.05, 0) is 96.5 Å². The average Bonchev–Trinajstić information content (AvgIpc) is 2.69. The first-order valence-corrected chi connectivity index (χ1v) is 11.0. The van der Waals surface area contributed by atoms with E-state index in [2.05, 4.69) is 47.8 Å². The first kappa shape index (κ1) is 20.3. The number of aromatic carboxylic acids is 1. The molecule has 0 atom stereocenters. The molecule has 0 fully saturated rings. The highest BCUT2D eigenvalue weighted by atomic mass is 79.9. The summed E-state index contributed by atoms with van der Waals surface area (Å²) in [7, 11) is 0. The van der Waals surface area contributed by atoms with E-state index in [-0.39, 0.29) is 15.5 Å². The van der Waals surface area contributed by atoms with Gasteiger partial charge >= 0.3 is 5.97 Å². The van der Waals surface area contributed by atoms with Gasteiger partial charge in [-0.2, -0.15) is 0 Å². The summed E-state index contributed by atoms with van der Waals surface area (Å²) in [6.07, 6.45) is 0. The van der Waals surface area contributed by atoms with Crippen LogP contribution in [0.3, 0.4) is 0 Å². The van der Waals surface area contributed by atoms with Gasteiger partial charge in [-0.15, -0.1) is 0 Å². The van der Waals surface area contributed by atoms with Crippen molar-refractivity contribution >= 4 is 64.7 Å². The highest BCUT2D eigenvalue weighted by molar-refractivity contribution is 9.11. The molecule has 1 aliphatic carbocycles. The Morgan fingerprint density at radius 2 is 1.69 bits per heavy atom. The molecule has 0 bridgehead atoms. The van der Waals surface area contributed by atoms with E-state index in [1.807, 2.05) is 19.9 Å². The van der Waals surface area contributed by atoms with Crippen LogP contribution in [0.4, 0.5) is 0 Å². The highest BCUT2D eigenvalue weighted by Crippen LogP contribution is 2.46. The number of carboxylic acids is 1. The second-order valence-corrected chi connectivity index (χ2v) is 9.16. The Morgan fingerprint density at radius 3 is 2.38 bits per heavy atom. The minimum atomic E-state index is -1.02. The lowest BCUT2D eigenvalue weighted by Crippen LogP contribution is -2.08. The summed E-state index contributed by atoms with van der Waals surface area (Å²) in [6, 6.07) is 10.5. The van der Waals surface area contributed by atoms with Crippen LogP contribution in [0.5, 0.6) is 0 Å². The predicted octanol–water partition coefficient (Wildman–Crippen LogP) is 7.17. The molecule has 4 rings (SSSR count). The fourth-order valence-electron chi connectivity index (χ4n) is 3.43. The first-order valence-electron chi connectivity index (χ1n) is 8.59. The molecule has 1 N–H and O–H groups in total. The minimum Gasteiger partial charge on any atom is -0.478 e. The number of fused-ring (bicyclic) bond motifs is 2. The van der Waals surface area contributed by atoms with Gasteiger partial charge in [-0.25, -0.2) is 4.79 Å². The Bertz CT molecular complexity index is 1350. The van der Waals surface area contributed by atoms with Gasteiger partial charge in [0.05, 0.1) is 14.5 Å². The molecule has 0 aromatic heterocycles. The van der Waals surface area contributed by atoms with Crippen molar-refractivity contribution in [2.75, 3.05) is 0 Å². The molecule has 2 aromatic carbocycles. The Hall–Kier alpha value is -1.96. The molecule has 7 heteroatoms. The zero-order valence-electron chi connectivity index (χ0n) is 15.3. The smallest absolute Gasteiger partial charge is 0.336 e. The van der Waals surface area contributed by atoms with Crippen LogP contribution in [0.1, 0.15) is 21.5 Å². The average molecular weight is 581 g/mol. The van der Waals surface area contributed by atoms with Crippen LogP contribution in [0.15, 0.2) is 59.0 Å². The molecule has 2 aliphatic rings. The summed E-state index contributed by atoms with van der Waals surface area (Å²) in [5, 5.41) is 10.5. The minimum absolute atomic E-state index is 0.175. The van der Waals surface area contributed by atoms with Crippen LogP contribution < -0.4 is 5.43 Å². The number of rotatable bonds is 2. The van der Waals surface area contributed by atoms with Crippen LogP contribution in [-0.4, -0.2) is 11.1 Å². The number of halogens is 3. The zero-order valence-corrected chi connectivity index (χ0v) is 20.0. The van der Waals surface area contributed by atoms with E-state index in [4.69, 9.17) is 4.42 Å². The molecule has 4 nitrogen and oxygen atoms in total. The van der Waals surface area contributed by atoms with Crippen LogP contribution in [-0.2, 0) is 0 Å². The van der Waals surface area contributed by atoms with Crippen molar-refractivity contribution in [2.24, 2.45) is 0 Å². The van der Waals surface area contributed by atoms with Crippen LogP contribution in [0.25, 0.3) is 33.4 Å². The quantitative estimate of drug-likeness (QED) is 0.255. The van der Waals surface area contributed by atoms with Gasteiger partial charge in [0.1, 0.15) is 10.1 Å². The molecule has 1 aliphatic heterocycles. The SMILES string of the molecule is Cc1cc2c(-c3ccccc3C(=O)O)c3cc(Br)c(=O)c(Br)c-3oc2c(Br)c1C. The second kappa shape index (κ2) is 7.38. The molecule has 0 unspecified atom stereocenters. The molecule has 0 radical (unpaired) electrons. The lowest BCUT2D eigenvalue weighted by molar-refractivity contribution is 0.0697. The second-order valence-electron chi connectivity index (χ2n) is 6.72. The maximum Gasteiger partial charge on any atom is 0.336 e. The van der Waals surface area contributed by atoms with Gasteiger partial charge in [-0.3, -0.25) is 4.79 Å². The van der Waals surface area contributed by atoms with Gasteiger partial charge in [0, 0.05) is 16.5 Å². The largest absolute Gasteiger partial charge is 0.478 e. The summed E-state index contributed by atoms with van der Waals surface area (Å²) in [5.74, 6) is -0.658. The van der Waals surface area contributed by atoms with Crippen LogP contribution >= 0.6 is 47.8 Å². The third-order valence-electron chi connectivity index (χ3n) is 5.03. The van der Waals surface area contributed by atoms with E-state index >= 15 is 0 Å². The Labute approximate surface area is 191 Å². The van der Waals surface area contributed by atoms with Gasteiger partial charge in [-0.1, -0.05) is 18.2 Å². The first-order chi connectivity index (χ1) is 13.7. The molecule has 1 heterocycles. The summed E-state index contributed by atoms with van der Waals surface area (Å²) >= 11 is 10.3. The molecule has 0 saturated heterocycles. The molecule has 0 amide bonds. The highest BCUT2D eigenvalue weighted by Gasteiger charge is 2.26. The maximum absolute atomic E-state index is 12.5. The fourth-order valence-corrected chi connectivity index (χ4v) is 5.24. The normalized spacial score (nSPS) is 11.3. The van der Waals surface area contributed by atoms with Gasteiger partial charge < -0.3 is 9.52 Å². The number of hydrogen-bond acceptors (Lipinski definition) is 3. The summed E-state index contributed by atoms with van der Waals surface area (Å²) in [4.78, 5) is 24.4. The Balaban J connectivity index is 2.34. The molecule has 0 saturated carbocycles. The zero-order chi connectivity index (χ0) is 21.0. The van der Waals surface area contributed by atoms with Crippen molar-refractivity contribution in [3.8, 4) is 22.5 Å². The molecule has 29 heavy (non-hydrogen) atoms. The van der Waals surface area contributed by atoms with Crippen LogP contribution in [0, 0.1) is 13.8 Å². The summed E-state index contributed by atoms with van der Waals surface area (Å²) < 4.78 is 7.59. The molecular weight excluding hydrogens is 568 g/mol. The number of carbonyl (C=O) groups is 1. The molecular formula is C22H13Br3O4. The van der Waals surface area contributed by atoms with Gasteiger partial charge in [0.15, 0.2) is 5.76 Å². The van der Waals surface area contributed by atoms with Gasteiger partial charge in [0.25, 0.3) is 0 Å². The third kappa shape index (κ3) is 3.16. The topological polar surface area (TPSA) is 67.5 Å². The molecule has 146 valence electrons. The predicted molar refractivity (Wildman–Crippen MR) is 124 cm³/mol. The third-order valence-corrected chi connectivity index (χ3v) is 7.29. The van der Waals surface area contributed by atoms with Gasteiger partial charge in [0.2, 0.25) is 5.43 Å². The van der Waals surface area contributed by atoms with E-state index in [0.717, 1.165) is 21.0 Å². The van der Waals surface area contributed by atoms with E-state index in [9.17, 15) is 14.7 Å². The maximum atomic E-state index is 12.5. The van der Waals surface area contributed by atoms with E-state index < -0.39 is 5.97 Å². The van der Waals surface area contributed by atoms with Crippen molar-refractivity contribution in [3.05, 3.63) is 76.7 Å². The van der Waals surface area contributed by atoms with E-state index in [1.54, 1.807) is 30.3 Å². The molecule has 2 aromatic rings. The fraction of sp³-hybridized carbons (Fsp3) is 0.0909. The summed E-state index contributed by atoms with van der Waals surface area (Å²) in [6.45, 7) is 3.96. The van der Waals surface area contributed by atoms with Crippen molar-refractivity contribution in [1.29, 1.82) is 0 Å². The Kier molecular flexibility index (Phi) is 5.17.